The van der Waals surface area contributed by atoms with E-state index in [1.807, 2.05) is 63.2 Å². The number of morpholine rings is 1. The number of hydrogen-bond donors (Lipinski definition) is 2. The third-order valence-corrected chi connectivity index (χ3v) is 8.83. The molecule has 2 aliphatic rings. The molecule has 2 fully saturated rings. The third-order valence-electron chi connectivity index (χ3n) is 8.55. The molecule has 9 nitrogen and oxygen atoms in total. The van der Waals surface area contributed by atoms with Crippen LogP contribution in [-0.4, -0.2) is 68.0 Å². The predicted molar refractivity (Wildman–Crippen MR) is 163 cm³/mol. The van der Waals surface area contributed by atoms with Crippen LogP contribution in [0.3, 0.4) is 0 Å². The Morgan fingerprint density at radius 2 is 1.88 bits per heavy atom. The zero-order chi connectivity index (χ0) is 29.6. The van der Waals surface area contributed by atoms with Crippen LogP contribution in [0.4, 0.5) is 0 Å². The fourth-order valence-electron chi connectivity index (χ4n) is 6.03. The molecule has 2 aliphatic heterocycles. The number of carbonyl (C=O) groups is 1. The average molecular weight is 590 g/mol. The summed E-state index contributed by atoms with van der Waals surface area (Å²) in [7, 11) is 0. The van der Waals surface area contributed by atoms with Gasteiger partial charge in [-0.05, 0) is 69.0 Å². The number of benzene rings is 2. The number of amides is 1. The molecule has 2 aromatic carbocycles. The Kier molecular flexibility index (Phi) is 7.70. The number of likely N-dealkylation sites (tertiary alicyclic amines) is 1. The molecular weight excluding hydrogens is 554 g/mol. The van der Waals surface area contributed by atoms with Crippen LogP contribution in [0.1, 0.15) is 52.9 Å². The van der Waals surface area contributed by atoms with Gasteiger partial charge in [-0.2, -0.15) is 0 Å². The lowest BCUT2D eigenvalue weighted by molar-refractivity contribution is -0.0299. The highest BCUT2D eigenvalue weighted by molar-refractivity contribution is 6.31. The molecule has 0 saturated carbocycles. The van der Waals surface area contributed by atoms with Crippen LogP contribution in [0.5, 0.6) is 0 Å². The van der Waals surface area contributed by atoms with Crippen LogP contribution in [0.25, 0.3) is 16.7 Å². The number of aromatic nitrogens is 3. The van der Waals surface area contributed by atoms with Crippen LogP contribution in [0, 0.1) is 13.8 Å². The summed E-state index contributed by atoms with van der Waals surface area (Å²) in [6.45, 7) is 8.31. The van der Waals surface area contributed by atoms with Crippen molar-refractivity contribution < 1.29 is 14.6 Å². The fraction of sp³-hybridized carbons (Fsp3) is 0.406. The molecule has 0 bridgehead atoms. The van der Waals surface area contributed by atoms with Crippen LogP contribution in [0.15, 0.2) is 59.7 Å². The van der Waals surface area contributed by atoms with Crippen molar-refractivity contribution in [3.63, 3.8) is 0 Å². The zero-order valence-corrected chi connectivity index (χ0v) is 24.9. The highest BCUT2D eigenvalue weighted by atomic mass is 35.5. The molecule has 10 heteroatoms. The van der Waals surface area contributed by atoms with Crippen LogP contribution in [0.2, 0.25) is 5.15 Å². The van der Waals surface area contributed by atoms with Gasteiger partial charge in [0.2, 0.25) is 0 Å². The van der Waals surface area contributed by atoms with Crippen molar-refractivity contribution in [3.8, 4) is 5.69 Å². The lowest BCUT2D eigenvalue weighted by atomic mass is 9.90. The zero-order valence-electron chi connectivity index (χ0n) is 24.1. The quantitative estimate of drug-likeness (QED) is 0.362. The second-order valence-electron chi connectivity index (χ2n) is 11.7. The molecular formula is C32H36ClN5O4. The molecule has 42 heavy (non-hydrogen) atoms. The molecule has 2 aromatic heterocycles. The highest BCUT2D eigenvalue weighted by Gasteiger charge is 2.35. The Bertz CT molecular complexity index is 1680. The summed E-state index contributed by atoms with van der Waals surface area (Å²) < 4.78 is 8.98. The average Bonchev–Trinajstić information content (AvgIpc) is 3.31. The van der Waals surface area contributed by atoms with Crippen molar-refractivity contribution in [1.29, 1.82) is 0 Å². The van der Waals surface area contributed by atoms with Crippen molar-refractivity contribution in [2.24, 2.45) is 0 Å². The Labute approximate surface area is 249 Å². The largest absolute Gasteiger partial charge is 0.388 e. The summed E-state index contributed by atoms with van der Waals surface area (Å²) in [4.78, 5) is 33.0. The van der Waals surface area contributed by atoms with Crippen LogP contribution < -0.4 is 10.9 Å². The van der Waals surface area contributed by atoms with Gasteiger partial charge in [0, 0.05) is 30.9 Å². The maximum atomic E-state index is 13.5. The monoisotopic (exact) mass is 589 g/mol. The van der Waals surface area contributed by atoms with E-state index in [1.54, 1.807) is 15.5 Å². The summed E-state index contributed by atoms with van der Waals surface area (Å²) in [6.07, 6.45) is 2.40. The predicted octanol–water partition coefficient (Wildman–Crippen LogP) is 4.17. The second-order valence-corrected chi connectivity index (χ2v) is 12.1. The van der Waals surface area contributed by atoms with Gasteiger partial charge in [0.15, 0.2) is 5.65 Å². The first-order chi connectivity index (χ1) is 20.1. The van der Waals surface area contributed by atoms with E-state index in [4.69, 9.17) is 16.3 Å². The fourth-order valence-corrected chi connectivity index (χ4v) is 6.31. The molecule has 2 atom stereocenters. The van der Waals surface area contributed by atoms with Crippen LogP contribution >= 0.6 is 11.6 Å². The summed E-state index contributed by atoms with van der Waals surface area (Å²) in [5.41, 5.74) is 3.72. The third kappa shape index (κ3) is 5.49. The molecule has 0 radical (unpaired) electrons. The van der Waals surface area contributed by atoms with E-state index in [9.17, 15) is 14.7 Å². The van der Waals surface area contributed by atoms with E-state index in [-0.39, 0.29) is 30.2 Å². The van der Waals surface area contributed by atoms with Gasteiger partial charge < -0.3 is 20.1 Å². The second kappa shape index (κ2) is 11.3. The van der Waals surface area contributed by atoms with Gasteiger partial charge in [-0.15, -0.1) is 0 Å². The van der Waals surface area contributed by atoms with Crippen molar-refractivity contribution in [2.45, 2.75) is 57.9 Å². The highest BCUT2D eigenvalue weighted by Crippen LogP contribution is 2.28. The minimum Gasteiger partial charge on any atom is -0.388 e. The van der Waals surface area contributed by atoms with Gasteiger partial charge in [0.25, 0.3) is 11.5 Å². The maximum Gasteiger partial charge on any atom is 0.262 e. The number of aryl methyl sites for hydroxylation is 2. The van der Waals surface area contributed by atoms with Crippen molar-refractivity contribution in [3.05, 3.63) is 92.6 Å². The molecule has 2 N–H and O–H groups in total. The first-order valence-electron chi connectivity index (χ1n) is 14.4. The summed E-state index contributed by atoms with van der Waals surface area (Å²) in [6, 6.07) is 15.5. The Morgan fingerprint density at radius 3 is 2.55 bits per heavy atom. The lowest BCUT2D eigenvalue weighted by Gasteiger charge is -2.38. The summed E-state index contributed by atoms with van der Waals surface area (Å²) >= 11 is 6.62. The normalized spacial score (nSPS) is 20.6. The van der Waals surface area contributed by atoms with Gasteiger partial charge in [-0.1, -0.05) is 41.4 Å². The number of fused-ring (bicyclic) bond motifs is 1. The van der Waals surface area contributed by atoms with E-state index in [1.165, 1.54) is 10.9 Å². The molecule has 4 aromatic rings. The number of ether oxygens (including phenoxy) is 1. The van der Waals surface area contributed by atoms with E-state index in [0.29, 0.717) is 54.3 Å². The van der Waals surface area contributed by atoms with Gasteiger partial charge in [-0.3, -0.25) is 18.7 Å². The van der Waals surface area contributed by atoms with Gasteiger partial charge in [-0.25, -0.2) is 4.98 Å². The number of hydrogen-bond acceptors (Lipinski definition) is 6. The number of aliphatic hydroxyl groups is 1. The maximum absolute atomic E-state index is 13.5. The molecule has 4 heterocycles. The first-order valence-corrected chi connectivity index (χ1v) is 14.8. The van der Waals surface area contributed by atoms with E-state index >= 15 is 0 Å². The van der Waals surface area contributed by atoms with Gasteiger partial charge in [0.05, 0.1) is 36.3 Å². The van der Waals surface area contributed by atoms with Crippen molar-refractivity contribution >= 4 is 28.5 Å². The molecule has 6 rings (SSSR count). The van der Waals surface area contributed by atoms with Gasteiger partial charge in [0.1, 0.15) is 11.5 Å². The molecule has 0 aliphatic carbocycles. The minimum atomic E-state index is -1.13. The Morgan fingerprint density at radius 1 is 1.14 bits per heavy atom. The number of nitrogens with zero attached hydrogens (tertiary/aromatic N) is 4. The minimum absolute atomic E-state index is 0.0308. The molecule has 0 unspecified atom stereocenters. The van der Waals surface area contributed by atoms with Gasteiger partial charge >= 0.3 is 0 Å². The molecule has 1 amide bonds. The Balaban J connectivity index is 1.17. The number of halogens is 1. The van der Waals surface area contributed by atoms with Crippen molar-refractivity contribution in [1.82, 2.24) is 24.3 Å². The SMILES string of the molecule is Cc1ccc(C(=O)N2CCC(O)(Cn3cnc4c(cc(Cl)n4-c4ccc([C@@H]5CO[C@@H](C)CN5)cc4)c3=O)CC2)c(C)c1. The first kappa shape index (κ1) is 28.6. The molecule has 2 saturated heterocycles. The summed E-state index contributed by atoms with van der Waals surface area (Å²) in [5, 5.41) is 15.7. The van der Waals surface area contributed by atoms with E-state index in [0.717, 1.165) is 28.9 Å². The standard InChI is InChI=1S/C32H36ClN5O4/c1-20-4-9-25(21(2)14-20)30(39)36-12-10-32(41,11-13-36)18-37-19-35-29-26(31(37)40)15-28(33)38(29)24-7-5-23(6-8-24)27-17-42-22(3)16-34-27/h4-9,14-15,19,22,27,34,41H,10-13,16-18H2,1-3H3/t22-,27-/m0/s1. The smallest absolute Gasteiger partial charge is 0.262 e. The van der Waals surface area contributed by atoms with E-state index in [2.05, 4.69) is 10.3 Å². The Hall–Kier alpha value is -3.50. The topological polar surface area (TPSA) is 102 Å². The number of piperidine rings is 1. The summed E-state index contributed by atoms with van der Waals surface area (Å²) in [5.74, 6) is -0.0308. The number of nitrogens with one attached hydrogen (secondary N) is 1. The lowest BCUT2D eigenvalue weighted by Crippen LogP contribution is -2.49. The molecule has 220 valence electrons. The van der Waals surface area contributed by atoms with E-state index < -0.39 is 5.60 Å². The van der Waals surface area contributed by atoms with Crippen molar-refractivity contribution in [2.75, 3.05) is 26.2 Å². The number of carbonyl (C=O) groups excluding carboxylic acids is 1. The van der Waals surface area contributed by atoms with Crippen LogP contribution in [-0.2, 0) is 11.3 Å². The molecule has 0 spiro atoms. The number of rotatable bonds is 5.